The molecular formula is C19H20N2O4. The number of ether oxygens (including phenoxy) is 2. The van der Waals surface area contributed by atoms with Crippen LogP contribution >= 0.6 is 0 Å². The van der Waals surface area contributed by atoms with E-state index in [4.69, 9.17) is 9.47 Å². The summed E-state index contributed by atoms with van der Waals surface area (Å²) in [7, 11) is 0. The first kappa shape index (κ1) is 16.8. The largest absolute Gasteiger partial charge is 0.493 e. The van der Waals surface area contributed by atoms with Crippen molar-refractivity contribution in [3.05, 3.63) is 48.5 Å². The van der Waals surface area contributed by atoms with Gasteiger partial charge < -0.3 is 19.7 Å². The van der Waals surface area contributed by atoms with Crippen LogP contribution < -0.4 is 19.7 Å². The van der Waals surface area contributed by atoms with E-state index in [1.165, 1.54) is 0 Å². The van der Waals surface area contributed by atoms with E-state index in [9.17, 15) is 9.59 Å². The number of hydrogen-bond acceptors (Lipinski definition) is 4. The molecule has 25 heavy (non-hydrogen) atoms. The van der Waals surface area contributed by atoms with Gasteiger partial charge in [-0.3, -0.25) is 9.59 Å². The monoisotopic (exact) mass is 340 g/mol. The lowest BCUT2D eigenvalue weighted by atomic mass is 10.2. The molecule has 0 spiro atoms. The first-order chi connectivity index (χ1) is 12.2. The highest BCUT2D eigenvalue weighted by Crippen LogP contribution is 2.34. The molecule has 1 aliphatic heterocycles. The van der Waals surface area contributed by atoms with E-state index in [-0.39, 0.29) is 24.8 Å². The Labute approximate surface area is 146 Å². The van der Waals surface area contributed by atoms with E-state index in [2.05, 4.69) is 5.32 Å². The van der Waals surface area contributed by atoms with E-state index in [1.54, 1.807) is 23.1 Å². The number of carbonyl (C=O) groups is 2. The Bertz CT molecular complexity index is 761. The molecule has 6 nitrogen and oxygen atoms in total. The van der Waals surface area contributed by atoms with Crippen molar-refractivity contribution in [3.63, 3.8) is 0 Å². The van der Waals surface area contributed by atoms with Crippen molar-refractivity contribution in [3.8, 4) is 11.5 Å². The number of nitrogens with zero attached hydrogens (tertiary/aromatic N) is 1. The number of nitrogens with one attached hydrogen (secondary N) is 1. The second kappa shape index (κ2) is 7.70. The maximum Gasteiger partial charge on any atom is 0.265 e. The number of benzene rings is 2. The number of likely N-dealkylation sites (N-methyl/N-ethyl adjacent to an activating group) is 1. The Kier molecular flexibility index (Phi) is 5.18. The summed E-state index contributed by atoms with van der Waals surface area (Å²) in [5, 5.41) is 2.82. The molecule has 0 aliphatic carbocycles. The fourth-order valence-electron chi connectivity index (χ4n) is 2.63. The molecule has 2 amide bonds. The SMILES string of the molecule is CCN1C(=O)COc2cc(NC(=O)CCOc3ccccc3)ccc21. The molecule has 0 radical (unpaired) electrons. The van der Waals surface area contributed by atoms with Gasteiger partial charge in [-0.1, -0.05) is 18.2 Å². The van der Waals surface area contributed by atoms with Gasteiger partial charge in [-0.05, 0) is 31.2 Å². The minimum absolute atomic E-state index is 0.0170. The lowest BCUT2D eigenvalue weighted by molar-refractivity contribution is -0.121. The second-order valence-electron chi connectivity index (χ2n) is 5.57. The van der Waals surface area contributed by atoms with Crippen LogP contribution in [0.25, 0.3) is 0 Å². The van der Waals surface area contributed by atoms with Crippen molar-refractivity contribution in [1.29, 1.82) is 0 Å². The molecule has 0 saturated heterocycles. The summed E-state index contributed by atoms with van der Waals surface area (Å²) in [5.41, 5.74) is 1.36. The van der Waals surface area contributed by atoms with Crippen LogP contribution in [0.15, 0.2) is 48.5 Å². The maximum absolute atomic E-state index is 12.0. The molecule has 0 bridgehead atoms. The van der Waals surface area contributed by atoms with Crippen molar-refractivity contribution in [1.82, 2.24) is 0 Å². The van der Waals surface area contributed by atoms with E-state index < -0.39 is 0 Å². The molecule has 2 aromatic rings. The van der Waals surface area contributed by atoms with Crippen molar-refractivity contribution in [2.45, 2.75) is 13.3 Å². The number of carbonyl (C=O) groups excluding carboxylic acids is 2. The van der Waals surface area contributed by atoms with Crippen molar-refractivity contribution in [2.75, 3.05) is 30.0 Å². The van der Waals surface area contributed by atoms with Crippen LogP contribution in [-0.4, -0.2) is 31.6 Å². The standard InChI is InChI=1S/C19H20N2O4/c1-2-21-16-9-8-14(12-17(16)25-13-19(21)23)20-18(22)10-11-24-15-6-4-3-5-7-15/h3-9,12H,2,10-11,13H2,1H3,(H,20,22). The number of anilines is 2. The fourth-order valence-corrected chi connectivity index (χ4v) is 2.63. The smallest absolute Gasteiger partial charge is 0.265 e. The van der Waals surface area contributed by atoms with Gasteiger partial charge in [-0.25, -0.2) is 0 Å². The van der Waals surface area contributed by atoms with Crippen LogP contribution in [0.1, 0.15) is 13.3 Å². The Hall–Kier alpha value is -3.02. The molecule has 0 atom stereocenters. The summed E-state index contributed by atoms with van der Waals surface area (Å²) in [6.07, 6.45) is 0.242. The van der Waals surface area contributed by atoms with Gasteiger partial charge in [-0.15, -0.1) is 0 Å². The molecule has 0 aromatic heterocycles. The van der Waals surface area contributed by atoms with Crippen LogP contribution in [-0.2, 0) is 9.59 Å². The summed E-state index contributed by atoms with van der Waals surface area (Å²) in [6.45, 7) is 2.81. The molecule has 1 N–H and O–H groups in total. The van der Waals surface area contributed by atoms with Gasteiger partial charge in [0.05, 0.1) is 18.7 Å². The average Bonchev–Trinajstić information content (AvgIpc) is 2.62. The minimum atomic E-state index is -0.143. The third kappa shape index (κ3) is 4.09. The van der Waals surface area contributed by atoms with E-state index >= 15 is 0 Å². The predicted octanol–water partition coefficient (Wildman–Crippen LogP) is 2.84. The van der Waals surface area contributed by atoms with Gasteiger partial charge in [0.2, 0.25) is 5.91 Å². The van der Waals surface area contributed by atoms with Crippen LogP contribution in [0.5, 0.6) is 11.5 Å². The topological polar surface area (TPSA) is 67.9 Å². The molecule has 1 aliphatic rings. The molecule has 6 heteroatoms. The normalized spacial score (nSPS) is 13.0. The Morgan fingerprint density at radius 2 is 2.04 bits per heavy atom. The number of hydrogen-bond donors (Lipinski definition) is 1. The zero-order valence-electron chi connectivity index (χ0n) is 14.0. The van der Waals surface area contributed by atoms with Crippen LogP contribution in [0, 0.1) is 0 Å². The zero-order chi connectivity index (χ0) is 17.6. The quantitative estimate of drug-likeness (QED) is 0.878. The molecule has 2 aromatic carbocycles. The molecule has 0 saturated carbocycles. The van der Waals surface area contributed by atoms with Crippen molar-refractivity contribution < 1.29 is 19.1 Å². The Balaban J connectivity index is 1.56. The lowest BCUT2D eigenvalue weighted by Gasteiger charge is -2.28. The third-order valence-corrected chi connectivity index (χ3v) is 3.84. The van der Waals surface area contributed by atoms with Gasteiger partial charge in [0.15, 0.2) is 6.61 Å². The van der Waals surface area contributed by atoms with Gasteiger partial charge in [0, 0.05) is 18.3 Å². The third-order valence-electron chi connectivity index (χ3n) is 3.84. The van der Waals surface area contributed by atoms with Gasteiger partial charge >= 0.3 is 0 Å². The van der Waals surface area contributed by atoms with E-state index in [0.29, 0.717) is 24.6 Å². The molecule has 3 rings (SSSR count). The number of amides is 2. The van der Waals surface area contributed by atoms with Gasteiger partial charge in [-0.2, -0.15) is 0 Å². The number of fused-ring (bicyclic) bond motifs is 1. The molecular weight excluding hydrogens is 320 g/mol. The van der Waals surface area contributed by atoms with Gasteiger partial charge in [0.25, 0.3) is 5.91 Å². The summed E-state index contributed by atoms with van der Waals surface area (Å²) in [4.78, 5) is 25.5. The predicted molar refractivity (Wildman–Crippen MR) is 95.1 cm³/mol. The van der Waals surface area contributed by atoms with E-state index in [0.717, 1.165) is 11.4 Å². The zero-order valence-corrected chi connectivity index (χ0v) is 14.0. The molecule has 130 valence electrons. The summed E-state index contributed by atoms with van der Waals surface area (Å²) in [6, 6.07) is 14.6. The lowest BCUT2D eigenvalue weighted by Crippen LogP contribution is -2.38. The van der Waals surface area contributed by atoms with Crippen LogP contribution in [0.3, 0.4) is 0 Å². The summed E-state index contributed by atoms with van der Waals surface area (Å²) >= 11 is 0. The summed E-state index contributed by atoms with van der Waals surface area (Å²) < 4.78 is 11.0. The van der Waals surface area contributed by atoms with Crippen LogP contribution in [0.2, 0.25) is 0 Å². The number of rotatable bonds is 6. The highest BCUT2D eigenvalue weighted by atomic mass is 16.5. The minimum Gasteiger partial charge on any atom is -0.493 e. The maximum atomic E-state index is 12.0. The fraction of sp³-hybridized carbons (Fsp3) is 0.263. The second-order valence-corrected chi connectivity index (χ2v) is 5.57. The highest BCUT2D eigenvalue weighted by molar-refractivity contribution is 5.99. The number of para-hydroxylation sites is 1. The average molecular weight is 340 g/mol. The highest BCUT2D eigenvalue weighted by Gasteiger charge is 2.24. The first-order valence-corrected chi connectivity index (χ1v) is 8.22. The molecule has 0 unspecified atom stereocenters. The Morgan fingerprint density at radius 3 is 2.80 bits per heavy atom. The van der Waals surface area contributed by atoms with Gasteiger partial charge in [0.1, 0.15) is 11.5 Å². The summed E-state index contributed by atoms with van der Waals surface area (Å²) in [5.74, 6) is 1.13. The Morgan fingerprint density at radius 1 is 1.24 bits per heavy atom. The first-order valence-electron chi connectivity index (χ1n) is 8.22. The molecule has 1 heterocycles. The van der Waals surface area contributed by atoms with Crippen molar-refractivity contribution >= 4 is 23.2 Å². The van der Waals surface area contributed by atoms with E-state index in [1.807, 2.05) is 37.3 Å². The molecule has 0 fully saturated rings. The van der Waals surface area contributed by atoms with Crippen LogP contribution in [0.4, 0.5) is 11.4 Å². The van der Waals surface area contributed by atoms with Crippen molar-refractivity contribution in [2.24, 2.45) is 0 Å².